The van der Waals surface area contributed by atoms with Gasteiger partial charge in [-0.15, -0.1) is 0 Å². The van der Waals surface area contributed by atoms with Crippen LogP contribution in [-0.4, -0.2) is 36.1 Å². The number of primary amides is 1. The summed E-state index contributed by atoms with van der Waals surface area (Å²) in [7, 11) is 0. The molecule has 0 saturated carbocycles. The standard InChI is InChI=1S/C18H27N3O4/c1-12(15(19)22)21-16(23)14(10-13-8-6-5-7-9-13)11-20-17(24)25-18(2,3)4/h5-9,12,14H,10-11H2,1-4H3,(H2,19,22)(H,20,24)(H,21,23)/t12-,14-/m0/s1. The van der Waals surface area contributed by atoms with Crippen LogP contribution in [0, 0.1) is 5.92 Å². The smallest absolute Gasteiger partial charge is 0.407 e. The molecule has 0 unspecified atom stereocenters. The second-order valence-corrected chi connectivity index (χ2v) is 6.90. The van der Waals surface area contributed by atoms with Gasteiger partial charge in [-0.2, -0.15) is 0 Å². The van der Waals surface area contributed by atoms with E-state index < -0.39 is 29.6 Å². The number of hydrogen-bond donors (Lipinski definition) is 3. The predicted molar refractivity (Wildman–Crippen MR) is 94.7 cm³/mol. The lowest BCUT2D eigenvalue weighted by molar-refractivity contribution is -0.129. The van der Waals surface area contributed by atoms with Gasteiger partial charge in [0, 0.05) is 6.54 Å². The number of hydrogen-bond acceptors (Lipinski definition) is 4. The van der Waals surface area contributed by atoms with E-state index in [0.717, 1.165) is 5.56 Å². The van der Waals surface area contributed by atoms with E-state index in [1.54, 1.807) is 20.8 Å². The van der Waals surface area contributed by atoms with Gasteiger partial charge in [-0.1, -0.05) is 30.3 Å². The number of benzene rings is 1. The maximum atomic E-state index is 12.4. The van der Waals surface area contributed by atoms with E-state index in [1.165, 1.54) is 6.92 Å². The Morgan fingerprint density at radius 1 is 1.16 bits per heavy atom. The second kappa shape index (κ2) is 9.05. The van der Waals surface area contributed by atoms with Crippen molar-refractivity contribution >= 4 is 17.9 Å². The minimum absolute atomic E-state index is 0.0844. The summed E-state index contributed by atoms with van der Waals surface area (Å²) in [5.74, 6) is -1.53. The molecule has 1 aromatic rings. The van der Waals surface area contributed by atoms with E-state index in [4.69, 9.17) is 10.5 Å². The average molecular weight is 349 g/mol. The second-order valence-electron chi connectivity index (χ2n) is 6.90. The molecule has 0 aliphatic carbocycles. The molecule has 2 atom stereocenters. The summed E-state index contributed by atoms with van der Waals surface area (Å²) in [6, 6.07) is 8.63. The number of carbonyl (C=O) groups excluding carboxylic acids is 3. The zero-order valence-electron chi connectivity index (χ0n) is 15.2. The van der Waals surface area contributed by atoms with E-state index in [1.807, 2.05) is 30.3 Å². The molecule has 1 rings (SSSR count). The van der Waals surface area contributed by atoms with E-state index in [-0.39, 0.29) is 12.5 Å². The van der Waals surface area contributed by atoms with Gasteiger partial charge in [-0.25, -0.2) is 4.79 Å². The summed E-state index contributed by atoms with van der Waals surface area (Å²) < 4.78 is 5.18. The molecule has 0 radical (unpaired) electrons. The first-order valence-corrected chi connectivity index (χ1v) is 8.19. The third-order valence-electron chi connectivity index (χ3n) is 3.37. The molecular weight excluding hydrogens is 322 g/mol. The van der Waals surface area contributed by atoms with Crippen molar-refractivity contribution in [1.29, 1.82) is 0 Å². The van der Waals surface area contributed by atoms with Crippen molar-refractivity contribution < 1.29 is 19.1 Å². The van der Waals surface area contributed by atoms with Crippen LogP contribution in [0.4, 0.5) is 4.79 Å². The Morgan fingerprint density at radius 3 is 2.28 bits per heavy atom. The Hall–Kier alpha value is -2.57. The fourth-order valence-electron chi connectivity index (χ4n) is 2.08. The molecule has 0 aliphatic rings. The van der Waals surface area contributed by atoms with Crippen LogP contribution in [0.1, 0.15) is 33.3 Å². The van der Waals surface area contributed by atoms with Gasteiger partial charge in [0.2, 0.25) is 11.8 Å². The third-order valence-corrected chi connectivity index (χ3v) is 3.37. The molecule has 3 amide bonds. The van der Waals surface area contributed by atoms with Crippen molar-refractivity contribution in [3.05, 3.63) is 35.9 Å². The predicted octanol–water partition coefficient (Wildman–Crippen LogP) is 1.36. The van der Waals surface area contributed by atoms with E-state index in [2.05, 4.69) is 10.6 Å². The van der Waals surface area contributed by atoms with Crippen LogP contribution in [0.3, 0.4) is 0 Å². The van der Waals surface area contributed by atoms with Crippen molar-refractivity contribution in [3.63, 3.8) is 0 Å². The van der Waals surface area contributed by atoms with Crippen LogP contribution < -0.4 is 16.4 Å². The van der Waals surface area contributed by atoms with Crippen molar-refractivity contribution in [1.82, 2.24) is 10.6 Å². The minimum Gasteiger partial charge on any atom is -0.444 e. The van der Waals surface area contributed by atoms with Crippen LogP contribution in [0.15, 0.2) is 30.3 Å². The first-order chi connectivity index (χ1) is 11.6. The zero-order valence-corrected chi connectivity index (χ0v) is 15.2. The van der Waals surface area contributed by atoms with Gasteiger partial charge in [0.25, 0.3) is 0 Å². The summed E-state index contributed by atoms with van der Waals surface area (Å²) >= 11 is 0. The summed E-state index contributed by atoms with van der Waals surface area (Å²) in [6.07, 6.45) is -0.185. The zero-order chi connectivity index (χ0) is 19.0. The Balaban J connectivity index is 2.75. The highest BCUT2D eigenvalue weighted by molar-refractivity contribution is 5.87. The number of nitrogens with two attached hydrogens (primary N) is 1. The highest BCUT2D eigenvalue weighted by atomic mass is 16.6. The lowest BCUT2D eigenvalue weighted by Gasteiger charge is -2.22. The van der Waals surface area contributed by atoms with Gasteiger partial charge in [0.1, 0.15) is 11.6 Å². The van der Waals surface area contributed by atoms with Crippen LogP contribution in [0.25, 0.3) is 0 Å². The van der Waals surface area contributed by atoms with Crippen molar-refractivity contribution in [2.75, 3.05) is 6.54 Å². The van der Waals surface area contributed by atoms with Gasteiger partial charge in [-0.3, -0.25) is 9.59 Å². The number of ether oxygens (including phenoxy) is 1. The van der Waals surface area contributed by atoms with Crippen molar-refractivity contribution in [2.45, 2.75) is 45.8 Å². The van der Waals surface area contributed by atoms with Crippen LogP contribution in [0.5, 0.6) is 0 Å². The Labute approximate surface area is 148 Å². The van der Waals surface area contributed by atoms with E-state index >= 15 is 0 Å². The molecule has 0 aliphatic heterocycles. The van der Waals surface area contributed by atoms with Crippen LogP contribution >= 0.6 is 0 Å². The summed E-state index contributed by atoms with van der Waals surface area (Å²) in [4.78, 5) is 35.4. The van der Waals surface area contributed by atoms with Gasteiger partial charge >= 0.3 is 6.09 Å². The Morgan fingerprint density at radius 2 is 1.76 bits per heavy atom. The molecule has 0 heterocycles. The van der Waals surface area contributed by atoms with Crippen LogP contribution in [-0.2, 0) is 20.7 Å². The molecule has 138 valence electrons. The third kappa shape index (κ3) is 8.19. The normalized spacial score (nSPS) is 13.4. The van der Waals surface area contributed by atoms with Gasteiger partial charge in [0.05, 0.1) is 5.92 Å². The van der Waals surface area contributed by atoms with Crippen LogP contribution in [0.2, 0.25) is 0 Å². The van der Waals surface area contributed by atoms with Crippen molar-refractivity contribution in [3.8, 4) is 0 Å². The molecule has 7 nitrogen and oxygen atoms in total. The summed E-state index contributed by atoms with van der Waals surface area (Å²) in [5, 5.41) is 5.17. The molecule has 4 N–H and O–H groups in total. The Kier molecular flexibility index (Phi) is 7.42. The molecule has 1 aromatic carbocycles. The Bertz CT molecular complexity index is 596. The topological polar surface area (TPSA) is 111 Å². The molecule has 0 spiro atoms. The van der Waals surface area contributed by atoms with E-state index in [0.29, 0.717) is 6.42 Å². The monoisotopic (exact) mass is 349 g/mol. The fourth-order valence-corrected chi connectivity index (χ4v) is 2.08. The maximum absolute atomic E-state index is 12.4. The van der Waals surface area contributed by atoms with Gasteiger partial charge in [0.15, 0.2) is 0 Å². The highest BCUT2D eigenvalue weighted by Crippen LogP contribution is 2.10. The van der Waals surface area contributed by atoms with Gasteiger partial charge in [-0.05, 0) is 39.7 Å². The number of rotatable bonds is 7. The molecule has 25 heavy (non-hydrogen) atoms. The molecule has 0 aromatic heterocycles. The largest absolute Gasteiger partial charge is 0.444 e. The minimum atomic E-state index is -0.785. The summed E-state index contributed by atoms with van der Waals surface area (Å²) in [5.41, 5.74) is 5.51. The first kappa shape index (κ1) is 20.5. The van der Waals surface area contributed by atoms with Crippen molar-refractivity contribution in [2.24, 2.45) is 11.7 Å². The number of amides is 3. The quantitative estimate of drug-likeness (QED) is 0.690. The average Bonchev–Trinajstić information content (AvgIpc) is 2.50. The number of alkyl carbamates (subject to hydrolysis) is 1. The number of carbonyl (C=O) groups is 3. The van der Waals surface area contributed by atoms with Gasteiger partial charge < -0.3 is 21.1 Å². The maximum Gasteiger partial charge on any atom is 0.407 e. The SMILES string of the molecule is C[C@H](NC(=O)[C@H](CNC(=O)OC(C)(C)C)Cc1ccccc1)C(N)=O. The lowest BCUT2D eigenvalue weighted by atomic mass is 9.98. The molecule has 0 fully saturated rings. The lowest BCUT2D eigenvalue weighted by Crippen LogP contribution is -2.48. The highest BCUT2D eigenvalue weighted by Gasteiger charge is 2.24. The fraction of sp³-hybridized carbons (Fsp3) is 0.500. The first-order valence-electron chi connectivity index (χ1n) is 8.19. The molecule has 0 bridgehead atoms. The molecular formula is C18H27N3O4. The molecule has 7 heteroatoms. The summed E-state index contributed by atoms with van der Waals surface area (Å²) in [6.45, 7) is 6.88. The molecule has 0 saturated heterocycles. The van der Waals surface area contributed by atoms with E-state index in [9.17, 15) is 14.4 Å². The number of nitrogens with one attached hydrogen (secondary N) is 2.